The Morgan fingerprint density at radius 2 is 1.89 bits per heavy atom. The van der Waals surface area contributed by atoms with Crippen LogP contribution in [0.3, 0.4) is 0 Å². The Morgan fingerprint density at radius 1 is 1.17 bits per heavy atom. The van der Waals surface area contributed by atoms with E-state index < -0.39 is 11.7 Å². The zero-order chi connectivity index (χ0) is 25.7. The van der Waals surface area contributed by atoms with E-state index in [2.05, 4.69) is 31.6 Å². The Morgan fingerprint density at radius 3 is 2.58 bits per heavy atom. The first kappa shape index (κ1) is 25.5. The van der Waals surface area contributed by atoms with Crippen LogP contribution in [0.5, 0.6) is 11.5 Å². The maximum atomic E-state index is 13.0. The molecule has 0 aromatic heterocycles. The first-order chi connectivity index (χ1) is 17.3. The minimum atomic E-state index is -0.416. The lowest BCUT2D eigenvalue weighted by atomic mass is 10.2. The van der Waals surface area contributed by atoms with Crippen LogP contribution in [-0.4, -0.2) is 30.7 Å². The molecule has 0 bridgehead atoms. The number of methoxy groups -OCH3 is 1. The Bertz CT molecular complexity index is 1360. The molecule has 36 heavy (non-hydrogen) atoms. The summed E-state index contributed by atoms with van der Waals surface area (Å²) in [5.41, 5.74) is 3.02. The van der Waals surface area contributed by atoms with Crippen LogP contribution in [0, 0.1) is 12.7 Å². The number of carbonyl (C=O) groups excluding carboxylic acids is 2. The molecule has 2 amide bonds. The lowest BCUT2D eigenvalue weighted by Gasteiger charge is -2.14. The molecule has 0 saturated carbocycles. The Balaban J connectivity index is 1.45. The van der Waals surface area contributed by atoms with E-state index >= 15 is 0 Å². The molecule has 1 fully saturated rings. The molecule has 0 radical (unpaired) electrons. The van der Waals surface area contributed by atoms with Gasteiger partial charge in [-0.25, -0.2) is 9.38 Å². The van der Waals surface area contributed by atoms with Crippen molar-refractivity contribution in [2.45, 2.75) is 6.92 Å². The van der Waals surface area contributed by atoms with Gasteiger partial charge < -0.3 is 20.1 Å². The highest BCUT2D eigenvalue weighted by Gasteiger charge is 2.24. The Hall–Kier alpha value is -3.63. The SMILES string of the molecule is COc1cc(/C=C2/SC(=Nc3ccc(C)cc3)NC2=O)cc(Br)c1OCC(=O)Nc1ccc(F)cc1. The molecule has 0 aliphatic carbocycles. The van der Waals surface area contributed by atoms with E-state index in [0.717, 1.165) is 11.3 Å². The third-order valence-corrected chi connectivity index (χ3v) is 6.44. The molecule has 1 aliphatic heterocycles. The van der Waals surface area contributed by atoms with Crippen LogP contribution in [0.15, 0.2) is 75.0 Å². The number of amidine groups is 1. The molecule has 1 saturated heterocycles. The quantitative estimate of drug-likeness (QED) is 0.350. The third-order valence-electron chi connectivity index (χ3n) is 4.94. The maximum Gasteiger partial charge on any atom is 0.264 e. The number of thioether (sulfide) groups is 1. The highest BCUT2D eigenvalue weighted by molar-refractivity contribution is 9.10. The number of ether oxygens (including phenoxy) is 2. The minimum Gasteiger partial charge on any atom is -0.493 e. The predicted molar refractivity (Wildman–Crippen MR) is 143 cm³/mol. The summed E-state index contributed by atoms with van der Waals surface area (Å²) in [5.74, 6) is -0.349. The summed E-state index contributed by atoms with van der Waals surface area (Å²) in [4.78, 5) is 29.7. The number of rotatable bonds is 7. The fourth-order valence-electron chi connectivity index (χ4n) is 3.20. The number of halogens is 2. The van der Waals surface area contributed by atoms with Gasteiger partial charge in [-0.05, 0) is 94.8 Å². The highest BCUT2D eigenvalue weighted by atomic mass is 79.9. The average molecular weight is 570 g/mol. The summed E-state index contributed by atoms with van der Waals surface area (Å²) < 4.78 is 24.7. The zero-order valence-electron chi connectivity index (χ0n) is 19.3. The predicted octanol–water partition coefficient (Wildman–Crippen LogP) is 5.81. The lowest BCUT2D eigenvalue weighted by Crippen LogP contribution is -2.20. The van der Waals surface area contributed by atoms with E-state index in [1.807, 2.05) is 31.2 Å². The molecule has 184 valence electrons. The second-order valence-electron chi connectivity index (χ2n) is 7.70. The van der Waals surface area contributed by atoms with E-state index in [1.54, 1.807) is 18.2 Å². The maximum absolute atomic E-state index is 13.0. The first-order valence-corrected chi connectivity index (χ1v) is 12.3. The number of anilines is 1. The number of nitrogens with zero attached hydrogens (tertiary/aromatic N) is 1. The molecule has 0 unspecified atom stereocenters. The smallest absolute Gasteiger partial charge is 0.264 e. The van der Waals surface area contributed by atoms with Gasteiger partial charge >= 0.3 is 0 Å². The van der Waals surface area contributed by atoms with Gasteiger partial charge in [0.05, 0.1) is 22.2 Å². The normalized spacial score (nSPS) is 15.2. The number of aryl methyl sites for hydroxylation is 1. The number of amides is 2. The summed E-state index contributed by atoms with van der Waals surface area (Å²) in [7, 11) is 1.48. The van der Waals surface area contributed by atoms with Crippen LogP contribution in [0.4, 0.5) is 15.8 Å². The second-order valence-corrected chi connectivity index (χ2v) is 9.58. The molecule has 1 heterocycles. The zero-order valence-corrected chi connectivity index (χ0v) is 21.7. The summed E-state index contributed by atoms with van der Waals surface area (Å²) >= 11 is 4.69. The minimum absolute atomic E-state index is 0.251. The van der Waals surface area contributed by atoms with Gasteiger partial charge in [-0.3, -0.25) is 9.59 Å². The summed E-state index contributed by atoms with van der Waals surface area (Å²) in [6, 6.07) is 16.6. The van der Waals surface area contributed by atoms with E-state index in [4.69, 9.17) is 9.47 Å². The van der Waals surface area contributed by atoms with Crippen LogP contribution in [0.2, 0.25) is 0 Å². The van der Waals surface area contributed by atoms with Gasteiger partial charge in [0.15, 0.2) is 23.3 Å². The molecule has 1 aliphatic rings. The molecule has 3 aromatic rings. The van der Waals surface area contributed by atoms with E-state index in [1.165, 1.54) is 43.1 Å². The van der Waals surface area contributed by atoms with Crippen LogP contribution >= 0.6 is 27.7 Å². The fourth-order valence-corrected chi connectivity index (χ4v) is 4.62. The number of nitrogens with one attached hydrogen (secondary N) is 2. The van der Waals surface area contributed by atoms with E-state index in [0.29, 0.717) is 37.3 Å². The van der Waals surface area contributed by atoms with Crippen molar-refractivity contribution in [1.29, 1.82) is 0 Å². The molecule has 3 aromatic carbocycles. The standard InChI is InChI=1S/C26H21BrFN3O4S/c1-15-3-7-19(8-4-15)30-26-31-25(33)22(36-26)13-16-11-20(27)24(21(12-16)34-2)35-14-23(32)29-18-9-5-17(28)6-10-18/h3-13H,14H2,1-2H3,(H,29,32)(H,30,31,33)/b22-13+. The number of hydrogen-bond donors (Lipinski definition) is 2. The van der Waals surface area contributed by atoms with Crippen molar-refractivity contribution in [2.24, 2.45) is 4.99 Å². The first-order valence-electron chi connectivity index (χ1n) is 10.7. The van der Waals surface area contributed by atoms with Gasteiger partial charge in [-0.15, -0.1) is 0 Å². The van der Waals surface area contributed by atoms with Gasteiger partial charge in [0.1, 0.15) is 5.82 Å². The van der Waals surface area contributed by atoms with Crippen LogP contribution < -0.4 is 20.1 Å². The van der Waals surface area contributed by atoms with E-state index in [9.17, 15) is 14.0 Å². The van der Waals surface area contributed by atoms with Gasteiger partial charge in [0.25, 0.3) is 11.8 Å². The van der Waals surface area contributed by atoms with Crippen molar-refractivity contribution in [3.63, 3.8) is 0 Å². The monoisotopic (exact) mass is 569 g/mol. The largest absolute Gasteiger partial charge is 0.493 e. The molecule has 0 spiro atoms. The number of aliphatic imine (C=N–C) groups is 1. The van der Waals surface area contributed by atoms with Crippen molar-refractivity contribution < 1.29 is 23.5 Å². The summed E-state index contributed by atoms with van der Waals surface area (Å²) in [6.45, 7) is 1.71. The fraction of sp³-hybridized carbons (Fsp3) is 0.115. The molecule has 2 N–H and O–H groups in total. The van der Waals surface area contributed by atoms with E-state index in [-0.39, 0.29) is 12.5 Å². The highest BCUT2D eigenvalue weighted by Crippen LogP contribution is 2.38. The number of benzene rings is 3. The number of hydrogen-bond acceptors (Lipinski definition) is 6. The van der Waals surface area contributed by atoms with Gasteiger partial charge in [-0.1, -0.05) is 17.7 Å². The molecule has 0 atom stereocenters. The van der Waals surface area contributed by atoms with Gasteiger partial charge in [-0.2, -0.15) is 0 Å². The van der Waals surface area contributed by atoms with Crippen molar-refractivity contribution >= 4 is 62.1 Å². The second kappa shape index (κ2) is 11.4. The van der Waals surface area contributed by atoms with Crippen molar-refractivity contribution in [3.05, 3.63) is 87.0 Å². The van der Waals surface area contributed by atoms with Crippen LogP contribution in [0.1, 0.15) is 11.1 Å². The van der Waals surface area contributed by atoms with Crippen molar-refractivity contribution in [3.8, 4) is 11.5 Å². The molecule has 10 heteroatoms. The average Bonchev–Trinajstić information content (AvgIpc) is 3.19. The topological polar surface area (TPSA) is 89.0 Å². The molecule has 7 nitrogen and oxygen atoms in total. The molecule has 4 rings (SSSR count). The van der Waals surface area contributed by atoms with Gasteiger partial charge in [0, 0.05) is 5.69 Å². The third kappa shape index (κ3) is 6.52. The van der Waals surface area contributed by atoms with Crippen molar-refractivity contribution in [2.75, 3.05) is 19.0 Å². The number of carbonyl (C=O) groups is 2. The molecular weight excluding hydrogens is 549 g/mol. The Kier molecular flexibility index (Phi) is 8.07. The lowest BCUT2D eigenvalue weighted by molar-refractivity contribution is -0.118. The van der Waals surface area contributed by atoms with Crippen LogP contribution in [-0.2, 0) is 9.59 Å². The molecular formula is C26H21BrFN3O4S. The van der Waals surface area contributed by atoms with Crippen molar-refractivity contribution in [1.82, 2.24) is 5.32 Å². The summed E-state index contributed by atoms with van der Waals surface area (Å²) in [5, 5.41) is 5.89. The summed E-state index contributed by atoms with van der Waals surface area (Å²) in [6.07, 6.45) is 1.72. The Labute approximate surface area is 219 Å². The van der Waals surface area contributed by atoms with Gasteiger partial charge in [0.2, 0.25) is 0 Å². The van der Waals surface area contributed by atoms with Crippen LogP contribution in [0.25, 0.3) is 6.08 Å².